The lowest BCUT2D eigenvalue weighted by Gasteiger charge is -2.39. The first-order valence-electron chi connectivity index (χ1n) is 14.9. The number of aliphatic hydroxyl groups is 1. The second-order valence-corrected chi connectivity index (χ2v) is 11.9. The number of hydrogen-bond donors (Lipinski definition) is 2. The van der Waals surface area contributed by atoms with Crippen LogP contribution in [0.15, 0.2) is 47.4 Å². The molecular formula is C32H48N2O7S. The number of fused-ring (bicyclic) bond motifs is 1. The minimum Gasteiger partial charge on any atom is -0.490 e. The van der Waals surface area contributed by atoms with Gasteiger partial charge in [0, 0.05) is 70.7 Å². The highest BCUT2D eigenvalue weighted by Crippen LogP contribution is 2.35. The Labute approximate surface area is 255 Å². The van der Waals surface area contributed by atoms with Gasteiger partial charge in [0.1, 0.15) is 18.5 Å². The molecule has 2 aliphatic heterocycles. The van der Waals surface area contributed by atoms with Gasteiger partial charge in [0.05, 0.1) is 44.3 Å². The van der Waals surface area contributed by atoms with E-state index in [0.29, 0.717) is 19.8 Å². The van der Waals surface area contributed by atoms with Gasteiger partial charge in [-0.2, -0.15) is 0 Å². The number of nitrogens with one attached hydrogen (secondary N) is 1. The number of anilines is 1. The van der Waals surface area contributed by atoms with Gasteiger partial charge in [-0.25, -0.2) is 0 Å². The number of nitrogens with zero attached hydrogens (tertiary/aromatic N) is 1. The zero-order chi connectivity index (χ0) is 29.6. The summed E-state index contributed by atoms with van der Waals surface area (Å²) in [5.74, 6) is 1.95. The molecule has 4 atom stereocenters. The van der Waals surface area contributed by atoms with Crippen molar-refractivity contribution in [1.82, 2.24) is 5.32 Å². The van der Waals surface area contributed by atoms with Gasteiger partial charge in [-0.15, -0.1) is 11.8 Å². The van der Waals surface area contributed by atoms with Gasteiger partial charge in [0.15, 0.2) is 0 Å². The SMILES string of the molecule is COCCCSc1ccc([C@@H]2[C@@H](OCc3ccc4c(c3)N(CCCOC)CCO4)CNC[C@H]2OCC(O)COC)cc1. The van der Waals surface area contributed by atoms with Crippen molar-refractivity contribution in [3.8, 4) is 5.75 Å². The summed E-state index contributed by atoms with van der Waals surface area (Å²) in [4.78, 5) is 3.61. The highest BCUT2D eigenvalue weighted by atomic mass is 32.2. The predicted molar refractivity (Wildman–Crippen MR) is 166 cm³/mol. The largest absolute Gasteiger partial charge is 0.490 e. The van der Waals surface area contributed by atoms with Crippen LogP contribution in [0, 0.1) is 0 Å². The maximum Gasteiger partial charge on any atom is 0.142 e. The van der Waals surface area contributed by atoms with E-state index in [1.165, 1.54) is 10.5 Å². The van der Waals surface area contributed by atoms with E-state index in [-0.39, 0.29) is 31.3 Å². The lowest BCUT2D eigenvalue weighted by atomic mass is 9.85. The molecule has 4 rings (SSSR count). The molecule has 0 spiro atoms. The van der Waals surface area contributed by atoms with E-state index < -0.39 is 6.10 Å². The van der Waals surface area contributed by atoms with Gasteiger partial charge < -0.3 is 43.7 Å². The summed E-state index contributed by atoms with van der Waals surface area (Å²) in [5.41, 5.74) is 3.40. The van der Waals surface area contributed by atoms with Crippen molar-refractivity contribution in [2.75, 3.05) is 91.2 Å². The summed E-state index contributed by atoms with van der Waals surface area (Å²) in [7, 11) is 5.06. The van der Waals surface area contributed by atoms with Crippen LogP contribution < -0.4 is 15.0 Å². The molecule has 2 heterocycles. The molecule has 1 unspecified atom stereocenters. The van der Waals surface area contributed by atoms with Crippen LogP contribution in [0.4, 0.5) is 5.69 Å². The second kappa shape index (κ2) is 18.0. The second-order valence-electron chi connectivity index (χ2n) is 10.8. The first kappa shape index (κ1) is 33.0. The number of ether oxygens (including phenoxy) is 6. The molecule has 0 amide bonds. The van der Waals surface area contributed by atoms with Crippen molar-refractivity contribution >= 4 is 17.4 Å². The summed E-state index contributed by atoms with van der Waals surface area (Å²) in [6.45, 7) is 6.33. The Balaban J connectivity index is 1.46. The van der Waals surface area contributed by atoms with Crippen molar-refractivity contribution in [3.05, 3.63) is 53.6 Å². The third-order valence-electron chi connectivity index (χ3n) is 7.60. The van der Waals surface area contributed by atoms with Gasteiger partial charge in [0.2, 0.25) is 0 Å². The number of methoxy groups -OCH3 is 3. The van der Waals surface area contributed by atoms with Crippen molar-refractivity contribution < 1.29 is 33.5 Å². The summed E-state index contributed by atoms with van der Waals surface area (Å²) >= 11 is 1.84. The van der Waals surface area contributed by atoms with Crippen molar-refractivity contribution in [1.29, 1.82) is 0 Å². The fourth-order valence-corrected chi connectivity index (χ4v) is 6.34. The van der Waals surface area contributed by atoms with Crippen molar-refractivity contribution in [3.63, 3.8) is 0 Å². The molecule has 1 fully saturated rings. The Hall–Kier alpha value is -1.89. The highest BCUT2D eigenvalue weighted by molar-refractivity contribution is 7.99. The fourth-order valence-electron chi connectivity index (χ4n) is 5.51. The Morgan fingerprint density at radius 3 is 2.48 bits per heavy atom. The molecule has 0 radical (unpaired) electrons. The molecule has 0 bridgehead atoms. The number of hydrogen-bond acceptors (Lipinski definition) is 10. The number of benzene rings is 2. The fraction of sp³-hybridized carbons (Fsp3) is 0.625. The van der Waals surface area contributed by atoms with E-state index in [1.807, 2.05) is 11.8 Å². The minimum atomic E-state index is -0.674. The summed E-state index contributed by atoms with van der Waals surface area (Å²) < 4.78 is 34.4. The lowest BCUT2D eigenvalue weighted by molar-refractivity contribution is -0.0856. The van der Waals surface area contributed by atoms with Gasteiger partial charge in [-0.3, -0.25) is 0 Å². The van der Waals surface area contributed by atoms with Crippen LogP contribution >= 0.6 is 11.8 Å². The Morgan fingerprint density at radius 2 is 1.71 bits per heavy atom. The molecule has 2 N–H and O–H groups in total. The zero-order valence-corrected chi connectivity index (χ0v) is 26.1. The Morgan fingerprint density at radius 1 is 0.952 bits per heavy atom. The van der Waals surface area contributed by atoms with E-state index in [1.54, 1.807) is 21.3 Å². The van der Waals surface area contributed by atoms with Gasteiger partial charge in [0.25, 0.3) is 0 Å². The number of aliphatic hydroxyl groups excluding tert-OH is 1. The van der Waals surface area contributed by atoms with E-state index in [2.05, 4.69) is 52.7 Å². The molecule has 0 aromatic heterocycles. The number of thioether (sulfide) groups is 1. The molecule has 2 aromatic carbocycles. The maximum absolute atomic E-state index is 10.3. The first-order valence-corrected chi connectivity index (χ1v) is 15.9. The molecular weight excluding hydrogens is 556 g/mol. The minimum absolute atomic E-state index is 0.0139. The molecule has 1 saturated heterocycles. The molecule has 2 aliphatic rings. The van der Waals surface area contributed by atoms with E-state index in [4.69, 9.17) is 28.4 Å². The molecule has 42 heavy (non-hydrogen) atoms. The van der Waals surface area contributed by atoms with E-state index >= 15 is 0 Å². The standard InChI is InChI=1S/C32H48N2O7S/c1-36-14-4-12-34-13-16-39-29-11-6-24(18-28(29)34)21-40-30-19-33-20-31(41-23-26(35)22-38-3)32(30)25-7-9-27(10-8-25)42-17-5-15-37-2/h6-11,18,26,30-33,35H,4-5,12-17,19-23H2,1-3H3/t26?,30-,31+,32+/m0/s1. The third-order valence-corrected chi connectivity index (χ3v) is 8.70. The third kappa shape index (κ3) is 9.82. The van der Waals surface area contributed by atoms with Crippen LogP contribution in [0.3, 0.4) is 0 Å². The normalized spacial score (nSPS) is 21.1. The van der Waals surface area contributed by atoms with Crippen LogP contribution in [0.25, 0.3) is 0 Å². The number of piperidine rings is 1. The molecule has 234 valence electrons. The average molecular weight is 605 g/mol. The monoisotopic (exact) mass is 604 g/mol. The quantitative estimate of drug-likeness (QED) is 0.194. The van der Waals surface area contributed by atoms with Crippen LogP contribution in [-0.4, -0.2) is 110 Å². The molecule has 0 aliphatic carbocycles. The molecule has 10 heteroatoms. The van der Waals surface area contributed by atoms with Crippen LogP contribution in [-0.2, 0) is 30.3 Å². The lowest BCUT2D eigenvalue weighted by Crippen LogP contribution is -2.51. The van der Waals surface area contributed by atoms with Crippen LogP contribution in [0.2, 0.25) is 0 Å². The molecule has 9 nitrogen and oxygen atoms in total. The predicted octanol–water partition coefficient (Wildman–Crippen LogP) is 3.72. The maximum atomic E-state index is 10.3. The van der Waals surface area contributed by atoms with E-state index in [0.717, 1.165) is 68.4 Å². The van der Waals surface area contributed by atoms with E-state index in [9.17, 15) is 5.11 Å². The average Bonchev–Trinajstić information content (AvgIpc) is 3.02. The zero-order valence-electron chi connectivity index (χ0n) is 25.3. The van der Waals surface area contributed by atoms with Crippen molar-refractivity contribution in [2.45, 2.75) is 48.6 Å². The number of rotatable bonds is 18. The summed E-state index contributed by atoms with van der Waals surface area (Å²) in [6, 6.07) is 15.1. The van der Waals surface area contributed by atoms with Gasteiger partial charge in [-0.05, 0) is 48.2 Å². The summed E-state index contributed by atoms with van der Waals surface area (Å²) in [6.07, 6.45) is 1.06. The van der Waals surface area contributed by atoms with Crippen LogP contribution in [0.1, 0.15) is 29.9 Å². The smallest absolute Gasteiger partial charge is 0.142 e. The molecule has 0 saturated carbocycles. The Bertz CT molecular complexity index is 1040. The first-order chi connectivity index (χ1) is 20.6. The van der Waals surface area contributed by atoms with Gasteiger partial charge in [-0.1, -0.05) is 18.2 Å². The van der Waals surface area contributed by atoms with Crippen molar-refractivity contribution in [2.24, 2.45) is 0 Å². The van der Waals surface area contributed by atoms with Gasteiger partial charge >= 0.3 is 0 Å². The molecule has 2 aromatic rings. The topological polar surface area (TPSA) is 90.9 Å². The highest BCUT2D eigenvalue weighted by Gasteiger charge is 2.36. The Kier molecular flexibility index (Phi) is 14.2. The van der Waals surface area contributed by atoms with Crippen LogP contribution in [0.5, 0.6) is 5.75 Å². The summed E-state index contributed by atoms with van der Waals surface area (Å²) in [5, 5.41) is 13.8.